The highest BCUT2D eigenvalue weighted by molar-refractivity contribution is 7.80. The zero-order chi connectivity index (χ0) is 27.9. The fourth-order valence-electron chi connectivity index (χ4n) is 3.72. The quantitative estimate of drug-likeness (QED) is 0.176. The normalized spacial score (nSPS) is 12.4. The van der Waals surface area contributed by atoms with Crippen LogP contribution in [0.3, 0.4) is 0 Å². The molecule has 1 unspecified atom stereocenters. The van der Waals surface area contributed by atoms with E-state index in [9.17, 15) is 13.2 Å². The van der Waals surface area contributed by atoms with E-state index in [2.05, 4.69) is 50.5 Å². The molecule has 7 nitrogen and oxygen atoms in total. The Morgan fingerprint density at radius 2 is 1.82 bits per heavy atom. The van der Waals surface area contributed by atoms with Crippen LogP contribution in [0, 0.1) is 12.8 Å². The predicted molar refractivity (Wildman–Crippen MR) is 149 cm³/mol. The van der Waals surface area contributed by atoms with Gasteiger partial charge >= 0.3 is 6.36 Å². The van der Waals surface area contributed by atoms with Crippen LogP contribution < -0.4 is 20.4 Å². The van der Waals surface area contributed by atoms with Crippen molar-refractivity contribution in [2.24, 2.45) is 11.0 Å². The van der Waals surface area contributed by atoms with Gasteiger partial charge in [-0.05, 0) is 78.9 Å². The molecule has 3 rings (SSSR count). The van der Waals surface area contributed by atoms with Gasteiger partial charge in [-0.3, -0.25) is 5.43 Å². The smallest absolute Gasteiger partial charge is 0.406 e. The van der Waals surface area contributed by atoms with E-state index in [4.69, 9.17) is 12.2 Å². The molecule has 202 valence electrons. The molecule has 1 aromatic heterocycles. The number of para-hydroxylation sites is 1. The van der Waals surface area contributed by atoms with Gasteiger partial charge < -0.3 is 15.0 Å². The standard InChI is InChI=1S/C27H31F3N6OS/c1-17(2)23-8-6-7-9-24(23)34-26(38)35-32-15-18(3)14-20-16-31-25(33-19(20)4)36(5)21-10-12-22(13-11-21)37-27(28,29)30/h6-13,15-18H,14H2,1-5H3,(H2,34,35,38)/b32-15+. The Labute approximate surface area is 226 Å². The molecule has 1 heterocycles. The molecular formula is C27H31F3N6OS. The lowest BCUT2D eigenvalue weighted by atomic mass is 10.0. The molecule has 0 fully saturated rings. The van der Waals surface area contributed by atoms with Crippen molar-refractivity contribution in [2.75, 3.05) is 17.3 Å². The second kappa shape index (κ2) is 12.7. The van der Waals surface area contributed by atoms with Crippen LogP contribution in [0.15, 0.2) is 59.8 Å². The van der Waals surface area contributed by atoms with Gasteiger partial charge in [0.25, 0.3) is 0 Å². The fourth-order valence-corrected chi connectivity index (χ4v) is 3.88. The van der Waals surface area contributed by atoms with Gasteiger partial charge in [-0.15, -0.1) is 13.2 Å². The SMILES string of the molecule is Cc1nc(N(C)c2ccc(OC(F)(F)F)cc2)ncc1CC(C)/C=N/NC(=S)Nc1ccccc1C(C)C. The van der Waals surface area contributed by atoms with E-state index >= 15 is 0 Å². The molecule has 0 bridgehead atoms. The van der Waals surface area contributed by atoms with Crippen molar-refractivity contribution in [3.63, 3.8) is 0 Å². The number of benzene rings is 2. The molecule has 1 atom stereocenters. The van der Waals surface area contributed by atoms with Crippen molar-refractivity contribution in [1.29, 1.82) is 0 Å². The first-order valence-corrected chi connectivity index (χ1v) is 12.4. The molecule has 3 aromatic rings. The van der Waals surface area contributed by atoms with Crippen LogP contribution in [0.4, 0.5) is 30.5 Å². The minimum Gasteiger partial charge on any atom is -0.406 e. The van der Waals surface area contributed by atoms with Gasteiger partial charge in [0.05, 0.1) is 0 Å². The third kappa shape index (κ3) is 8.41. The molecule has 38 heavy (non-hydrogen) atoms. The Kier molecular flexibility index (Phi) is 9.62. The number of hydrogen-bond acceptors (Lipinski definition) is 6. The lowest BCUT2D eigenvalue weighted by molar-refractivity contribution is -0.274. The Morgan fingerprint density at radius 1 is 1.13 bits per heavy atom. The summed E-state index contributed by atoms with van der Waals surface area (Å²) >= 11 is 5.38. The summed E-state index contributed by atoms with van der Waals surface area (Å²) in [6, 6.07) is 13.5. The Morgan fingerprint density at radius 3 is 2.45 bits per heavy atom. The van der Waals surface area contributed by atoms with E-state index in [0.717, 1.165) is 16.9 Å². The van der Waals surface area contributed by atoms with Crippen molar-refractivity contribution < 1.29 is 17.9 Å². The summed E-state index contributed by atoms with van der Waals surface area (Å²) in [5, 5.41) is 7.88. The average molecular weight is 545 g/mol. The lowest BCUT2D eigenvalue weighted by Gasteiger charge is -2.19. The first-order chi connectivity index (χ1) is 17.9. The second-order valence-electron chi connectivity index (χ2n) is 9.15. The average Bonchev–Trinajstić information content (AvgIpc) is 2.84. The van der Waals surface area contributed by atoms with Crippen LogP contribution in [0.25, 0.3) is 0 Å². The third-order valence-electron chi connectivity index (χ3n) is 5.69. The first kappa shape index (κ1) is 28.8. The summed E-state index contributed by atoms with van der Waals surface area (Å²) in [5.41, 5.74) is 7.37. The van der Waals surface area contributed by atoms with Crippen LogP contribution in [0.2, 0.25) is 0 Å². The van der Waals surface area contributed by atoms with Gasteiger partial charge in [0.1, 0.15) is 5.75 Å². The molecule has 11 heteroatoms. The number of halogens is 3. The molecule has 0 amide bonds. The highest BCUT2D eigenvalue weighted by Gasteiger charge is 2.31. The highest BCUT2D eigenvalue weighted by Crippen LogP contribution is 2.27. The number of anilines is 3. The minimum absolute atomic E-state index is 0.0836. The van der Waals surface area contributed by atoms with Crippen molar-refractivity contribution >= 4 is 40.9 Å². The summed E-state index contributed by atoms with van der Waals surface area (Å²) in [7, 11) is 1.74. The molecular weight excluding hydrogens is 513 g/mol. The number of hydrazone groups is 1. The molecule has 0 aliphatic rings. The maximum absolute atomic E-state index is 12.4. The van der Waals surface area contributed by atoms with Crippen LogP contribution in [-0.2, 0) is 6.42 Å². The fraction of sp³-hybridized carbons (Fsp3) is 0.333. The number of thiocarbonyl (C=S) groups is 1. The monoisotopic (exact) mass is 544 g/mol. The van der Waals surface area contributed by atoms with E-state index in [1.54, 1.807) is 24.4 Å². The molecule has 2 N–H and O–H groups in total. The summed E-state index contributed by atoms with van der Waals surface area (Å²) in [6.45, 7) is 8.17. The van der Waals surface area contributed by atoms with Crippen molar-refractivity contribution in [1.82, 2.24) is 15.4 Å². The van der Waals surface area contributed by atoms with Crippen molar-refractivity contribution in [2.45, 2.75) is 46.4 Å². The van der Waals surface area contributed by atoms with Gasteiger partial charge in [0.15, 0.2) is 5.11 Å². The Balaban J connectivity index is 1.55. The number of rotatable bonds is 9. The van der Waals surface area contributed by atoms with E-state index in [-0.39, 0.29) is 11.7 Å². The van der Waals surface area contributed by atoms with Gasteiger partial charge in [0.2, 0.25) is 5.95 Å². The summed E-state index contributed by atoms with van der Waals surface area (Å²) < 4.78 is 41.1. The van der Waals surface area contributed by atoms with Crippen LogP contribution in [-0.4, -0.2) is 34.7 Å². The van der Waals surface area contributed by atoms with E-state index in [1.807, 2.05) is 32.0 Å². The number of aromatic nitrogens is 2. The number of ether oxygens (including phenoxy) is 1. The zero-order valence-corrected chi connectivity index (χ0v) is 22.7. The first-order valence-electron chi connectivity index (χ1n) is 12.0. The number of hydrogen-bond donors (Lipinski definition) is 2. The van der Waals surface area contributed by atoms with E-state index in [0.29, 0.717) is 29.1 Å². The van der Waals surface area contributed by atoms with E-state index in [1.165, 1.54) is 29.8 Å². The summed E-state index contributed by atoms with van der Waals surface area (Å²) in [4.78, 5) is 10.7. The van der Waals surface area contributed by atoms with Crippen molar-refractivity contribution in [3.8, 4) is 5.75 Å². The van der Waals surface area contributed by atoms with Crippen LogP contribution in [0.1, 0.15) is 43.5 Å². The van der Waals surface area contributed by atoms with Gasteiger partial charge in [-0.25, -0.2) is 9.97 Å². The number of alkyl halides is 3. The number of aryl methyl sites for hydroxylation is 1. The Bertz CT molecular complexity index is 1260. The van der Waals surface area contributed by atoms with Crippen molar-refractivity contribution in [3.05, 3.63) is 71.5 Å². The second-order valence-corrected chi connectivity index (χ2v) is 9.56. The van der Waals surface area contributed by atoms with E-state index < -0.39 is 6.36 Å². The van der Waals surface area contributed by atoms with Gasteiger partial charge in [0, 0.05) is 36.5 Å². The molecule has 0 aliphatic heterocycles. The molecule has 0 aliphatic carbocycles. The minimum atomic E-state index is -4.73. The predicted octanol–water partition coefficient (Wildman–Crippen LogP) is 6.73. The maximum atomic E-state index is 12.4. The molecule has 0 saturated heterocycles. The highest BCUT2D eigenvalue weighted by atomic mass is 32.1. The summed E-state index contributed by atoms with van der Waals surface area (Å²) in [6.07, 6.45) is -0.529. The Hall–Kier alpha value is -3.73. The van der Waals surface area contributed by atoms with Crippen LogP contribution >= 0.6 is 12.2 Å². The maximum Gasteiger partial charge on any atom is 0.573 e. The topological polar surface area (TPSA) is 74.7 Å². The third-order valence-corrected chi connectivity index (χ3v) is 5.89. The molecule has 2 aromatic carbocycles. The van der Waals surface area contributed by atoms with Gasteiger partial charge in [-0.2, -0.15) is 5.10 Å². The molecule has 0 radical (unpaired) electrons. The number of nitrogens with zero attached hydrogens (tertiary/aromatic N) is 4. The van der Waals surface area contributed by atoms with Gasteiger partial charge in [-0.1, -0.05) is 39.0 Å². The largest absolute Gasteiger partial charge is 0.573 e. The molecule has 0 saturated carbocycles. The zero-order valence-electron chi connectivity index (χ0n) is 21.9. The lowest BCUT2D eigenvalue weighted by Crippen LogP contribution is -2.25. The number of nitrogens with one attached hydrogen (secondary N) is 2. The van der Waals surface area contributed by atoms with Crippen LogP contribution in [0.5, 0.6) is 5.75 Å². The molecule has 0 spiro atoms. The summed E-state index contributed by atoms with van der Waals surface area (Å²) in [5.74, 6) is 0.585.